The van der Waals surface area contributed by atoms with Gasteiger partial charge in [0.2, 0.25) is 0 Å². The second-order valence-corrected chi connectivity index (χ2v) is 7.78. The standard InChI is InChI=1S/C21H21ClN4O2.C2H4O2/c22-18-5-2-1-4-15(18)13-23-9-3-11-26-20(21(27)28)17-7-6-14-12-24-10-8-16(14)19(17)25-26;1-2(3)4/h1-2,4-5,8,10,12,23H,3,6-7,9,11,13H2,(H,27,28);1H3,(H,3,4). The zero-order valence-corrected chi connectivity index (χ0v) is 18.5. The average molecular weight is 457 g/mol. The fraction of sp³-hybridized carbons (Fsp3) is 0.304. The molecule has 3 aromatic rings. The molecular formula is C23H25ClN4O4. The number of aliphatic carboxylic acids is 1. The van der Waals surface area contributed by atoms with E-state index in [4.69, 9.17) is 21.5 Å². The lowest BCUT2D eigenvalue weighted by Crippen LogP contribution is -2.19. The van der Waals surface area contributed by atoms with Gasteiger partial charge in [-0.3, -0.25) is 14.5 Å². The Kier molecular flexibility index (Phi) is 7.97. The highest BCUT2D eigenvalue weighted by Gasteiger charge is 2.27. The van der Waals surface area contributed by atoms with E-state index in [9.17, 15) is 9.90 Å². The first-order valence-corrected chi connectivity index (χ1v) is 10.7. The Bertz CT molecular complexity index is 1110. The molecule has 0 bridgehead atoms. The molecule has 9 heteroatoms. The van der Waals surface area contributed by atoms with Gasteiger partial charge in [-0.05, 0) is 49.1 Å². The number of benzene rings is 1. The topological polar surface area (TPSA) is 117 Å². The zero-order valence-electron chi connectivity index (χ0n) is 17.7. The highest BCUT2D eigenvalue weighted by molar-refractivity contribution is 6.31. The summed E-state index contributed by atoms with van der Waals surface area (Å²) < 4.78 is 1.64. The second-order valence-electron chi connectivity index (χ2n) is 7.38. The van der Waals surface area contributed by atoms with Gasteiger partial charge in [-0.15, -0.1) is 0 Å². The maximum atomic E-state index is 11.9. The number of carbonyl (C=O) groups is 2. The fourth-order valence-electron chi connectivity index (χ4n) is 3.69. The molecule has 1 aliphatic rings. The number of fused-ring (bicyclic) bond motifs is 3. The van der Waals surface area contributed by atoms with Gasteiger partial charge in [-0.1, -0.05) is 29.8 Å². The van der Waals surface area contributed by atoms with Crippen LogP contribution in [0.2, 0.25) is 5.02 Å². The molecule has 8 nitrogen and oxygen atoms in total. The van der Waals surface area contributed by atoms with Crippen LogP contribution in [0.5, 0.6) is 0 Å². The normalized spacial score (nSPS) is 11.7. The summed E-state index contributed by atoms with van der Waals surface area (Å²) in [6, 6.07) is 9.66. The number of rotatable bonds is 7. The Morgan fingerprint density at radius 3 is 2.66 bits per heavy atom. The van der Waals surface area contributed by atoms with E-state index in [-0.39, 0.29) is 0 Å². The van der Waals surface area contributed by atoms with Gasteiger partial charge >= 0.3 is 5.97 Å². The second kappa shape index (κ2) is 10.9. The maximum Gasteiger partial charge on any atom is 0.354 e. The molecule has 32 heavy (non-hydrogen) atoms. The average Bonchev–Trinajstić information content (AvgIpc) is 3.13. The molecule has 1 aromatic carbocycles. The van der Waals surface area contributed by atoms with Crippen molar-refractivity contribution in [1.82, 2.24) is 20.1 Å². The fourth-order valence-corrected chi connectivity index (χ4v) is 3.89. The summed E-state index contributed by atoms with van der Waals surface area (Å²) >= 11 is 6.16. The molecule has 4 rings (SSSR count). The third-order valence-electron chi connectivity index (χ3n) is 5.05. The summed E-state index contributed by atoms with van der Waals surface area (Å²) in [6.45, 7) is 3.06. The van der Waals surface area contributed by atoms with Crippen molar-refractivity contribution in [2.75, 3.05) is 6.54 Å². The van der Waals surface area contributed by atoms with Gasteiger partial charge in [0.1, 0.15) is 5.69 Å². The van der Waals surface area contributed by atoms with Crippen LogP contribution >= 0.6 is 11.6 Å². The van der Waals surface area contributed by atoms with Gasteiger partial charge in [0.15, 0.2) is 0 Å². The van der Waals surface area contributed by atoms with Crippen LogP contribution < -0.4 is 5.32 Å². The SMILES string of the molecule is CC(=O)O.O=C(O)c1c2c(nn1CCCNCc1ccccc1Cl)-c1ccncc1CC2. The predicted molar refractivity (Wildman–Crippen MR) is 121 cm³/mol. The van der Waals surface area contributed by atoms with Crippen LogP contribution in [0.4, 0.5) is 0 Å². The van der Waals surface area contributed by atoms with E-state index in [0.717, 1.165) is 59.3 Å². The molecule has 0 spiro atoms. The number of nitrogens with zero attached hydrogens (tertiary/aromatic N) is 3. The quantitative estimate of drug-likeness (QED) is 0.464. The van der Waals surface area contributed by atoms with E-state index in [1.165, 1.54) is 0 Å². The van der Waals surface area contributed by atoms with E-state index in [2.05, 4.69) is 15.4 Å². The zero-order chi connectivity index (χ0) is 23.1. The molecule has 2 aromatic heterocycles. The van der Waals surface area contributed by atoms with Crippen molar-refractivity contribution < 1.29 is 19.8 Å². The van der Waals surface area contributed by atoms with Crippen molar-refractivity contribution in [3.63, 3.8) is 0 Å². The van der Waals surface area contributed by atoms with Crippen LogP contribution in [0, 0.1) is 0 Å². The lowest BCUT2D eigenvalue weighted by atomic mass is 9.90. The summed E-state index contributed by atoms with van der Waals surface area (Å²) in [6.07, 6.45) is 5.82. The van der Waals surface area contributed by atoms with E-state index < -0.39 is 11.9 Å². The van der Waals surface area contributed by atoms with E-state index >= 15 is 0 Å². The van der Waals surface area contributed by atoms with Gasteiger partial charge < -0.3 is 15.5 Å². The minimum Gasteiger partial charge on any atom is -0.481 e. The smallest absolute Gasteiger partial charge is 0.354 e. The van der Waals surface area contributed by atoms with Crippen molar-refractivity contribution in [3.8, 4) is 11.3 Å². The minimum atomic E-state index is -0.921. The Morgan fingerprint density at radius 2 is 1.94 bits per heavy atom. The van der Waals surface area contributed by atoms with E-state index in [0.29, 0.717) is 25.2 Å². The molecule has 0 saturated heterocycles. The largest absolute Gasteiger partial charge is 0.481 e. The Hall–Kier alpha value is -3.23. The number of aryl methyl sites for hydroxylation is 2. The van der Waals surface area contributed by atoms with Crippen LogP contribution in [0.3, 0.4) is 0 Å². The number of aromatic nitrogens is 3. The third-order valence-corrected chi connectivity index (χ3v) is 5.42. The molecule has 0 fully saturated rings. The van der Waals surface area contributed by atoms with Crippen molar-refractivity contribution in [2.24, 2.45) is 0 Å². The maximum absolute atomic E-state index is 11.9. The number of pyridine rings is 1. The molecular weight excluding hydrogens is 432 g/mol. The highest BCUT2D eigenvalue weighted by atomic mass is 35.5. The highest BCUT2D eigenvalue weighted by Crippen LogP contribution is 2.34. The third kappa shape index (κ3) is 5.72. The van der Waals surface area contributed by atoms with Gasteiger partial charge in [0, 0.05) is 48.6 Å². The number of nitrogens with one attached hydrogen (secondary N) is 1. The lowest BCUT2D eigenvalue weighted by molar-refractivity contribution is -0.134. The molecule has 0 amide bonds. The molecule has 3 N–H and O–H groups in total. The minimum absolute atomic E-state index is 0.309. The van der Waals surface area contributed by atoms with Gasteiger partial charge in [0.25, 0.3) is 5.97 Å². The van der Waals surface area contributed by atoms with E-state index in [1.807, 2.05) is 36.5 Å². The number of halogens is 1. The first-order chi connectivity index (χ1) is 15.4. The number of aromatic carboxylic acids is 1. The molecule has 0 atom stereocenters. The number of hydrogen-bond donors (Lipinski definition) is 3. The summed E-state index contributed by atoms with van der Waals surface area (Å²) in [7, 11) is 0. The summed E-state index contributed by atoms with van der Waals surface area (Å²) in [5.74, 6) is -1.75. The van der Waals surface area contributed by atoms with Gasteiger partial charge in [0.05, 0.1) is 5.69 Å². The van der Waals surface area contributed by atoms with Crippen LogP contribution in [-0.2, 0) is 30.7 Å². The first kappa shape index (κ1) is 23.4. The summed E-state index contributed by atoms with van der Waals surface area (Å²) in [5, 5.41) is 25.9. The first-order valence-electron chi connectivity index (χ1n) is 10.3. The number of carboxylic acid groups (broad SMARTS) is 2. The Labute approximate surface area is 190 Å². The summed E-state index contributed by atoms with van der Waals surface area (Å²) in [4.78, 5) is 25.0. The molecule has 0 radical (unpaired) electrons. The van der Waals surface area contributed by atoms with Crippen molar-refractivity contribution in [2.45, 2.75) is 39.3 Å². The molecule has 0 saturated carbocycles. The molecule has 1 aliphatic carbocycles. The van der Waals surface area contributed by atoms with E-state index in [1.54, 1.807) is 10.9 Å². The van der Waals surface area contributed by atoms with Crippen LogP contribution in [0.15, 0.2) is 42.7 Å². The molecule has 168 valence electrons. The molecule has 2 heterocycles. The van der Waals surface area contributed by atoms with Crippen molar-refractivity contribution in [3.05, 3.63) is 70.1 Å². The van der Waals surface area contributed by atoms with Gasteiger partial charge in [-0.25, -0.2) is 4.79 Å². The number of carboxylic acids is 2. The monoisotopic (exact) mass is 456 g/mol. The number of hydrogen-bond acceptors (Lipinski definition) is 5. The predicted octanol–water partition coefficient (Wildman–Crippen LogP) is 3.67. The Balaban J connectivity index is 0.000000668. The van der Waals surface area contributed by atoms with Crippen molar-refractivity contribution >= 4 is 23.5 Å². The molecule has 0 aliphatic heterocycles. The summed E-state index contributed by atoms with van der Waals surface area (Å²) in [5.41, 5.74) is 5.09. The van der Waals surface area contributed by atoms with Crippen molar-refractivity contribution in [1.29, 1.82) is 0 Å². The lowest BCUT2D eigenvalue weighted by Gasteiger charge is -2.14. The van der Waals surface area contributed by atoms with Crippen LogP contribution in [0.25, 0.3) is 11.3 Å². The molecule has 0 unspecified atom stereocenters. The van der Waals surface area contributed by atoms with Gasteiger partial charge in [-0.2, -0.15) is 5.10 Å². The Morgan fingerprint density at radius 1 is 1.19 bits per heavy atom. The van der Waals surface area contributed by atoms with Crippen LogP contribution in [0.1, 0.15) is 40.5 Å². The van der Waals surface area contributed by atoms with Crippen LogP contribution in [-0.4, -0.2) is 43.5 Å².